The quantitative estimate of drug-likeness (QED) is 0.673. The maximum atomic E-state index is 3.74. The summed E-state index contributed by atoms with van der Waals surface area (Å²) in [5, 5.41) is 5.12. The highest BCUT2D eigenvalue weighted by molar-refractivity contribution is 5.88. The van der Waals surface area contributed by atoms with Gasteiger partial charge in [0.05, 0.1) is 6.04 Å². The molecule has 2 nitrogen and oxygen atoms in total. The summed E-state index contributed by atoms with van der Waals surface area (Å²) in [5.41, 5.74) is 10.9. The summed E-state index contributed by atoms with van der Waals surface area (Å²) in [6.07, 6.45) is 1.10. The van der Waals surface area contributed by atoms with E-state index in [4.69, 9.17) is 0 Å². The number of hydrogen-bond acceptors (Lipinski definition) is 1. The first-order valence-corrected chi connectivity index (χ1v) is 8.46. The van der Waals surface area contributed by atoms with Gasteiger partial charge in [0.15, 0.2) is 0 Å². The van der Waals surface area contributed by atoms with Crippen molar-refractivity contribution in [1.29, 1.82) is 0 Å². The van der Waals surface area contributed by atoms with Crippen molar-refractivity contribution in [2.24, 2.45) is 0 Å². The molecule has 1 aliphatic heterocycles. The molecule has 2 heteroatoms. The molecule has 2 N–H and O–H groups in total. The Balaban J connectivity index is 1.93. The number of fused-ring (bicyclic) bond motifs is 3. The highest BCUT2D eigenvalue weighted by Gasteiger charge is 2.25. The third kappa shape index (κ3) is 2.38. The molecule has 0 saturated heterocycles. The predicted octanol–water partition coefficient (Wildman–Crippen LogP) is 4.64. The first-order chi connectivity index (χ1) is 11.0. The van der Waals surface area contributed by atoms with E-state index in [9.17, 15) is 0 Å². The molecule has 1 unspecified atom stereocenters. The molecule has 1 atom stereocenters. The molecule has 0 aliphatic carbocycles. The zero-order valence-corrected chi connectivity index (χ0v) is 14.4. The Morgan fingerprint density at radius 3 is 2.30 bits per heavy atom. The van der Waals surface area contributed by atoms with Crippen molar-refractivity contribution >= 4 is 10.9 Å². The lowest BCUT2D eigenvalue weighted by molar-refractivity contribution is 0.560. The van der Waals surface area contributed by atoms with Crippen LogP contribution in [-0.4, -0.2) is 11.5 Å². The number of aromatic nitrogens is 1. The van der Waals surface area contributed by atoms with E-state index in [1.165, 1.54) is 50.0 Å². The lowest BCUT2D eigenvalue weighted by Gasteiger charge is -2.25. The Morgan fingerprint density at radius 1 is 0.870 bits per heavy atom. The van der Waals surface area contributed by atoms with Crippen LogP contribution in [0.4, 0.5) is 0 Å². The topological polar surface area (TPSA) is 27.8 Å². The summed E-state index contributed by atoms with van der Waals surface area (Å²) in [6.45, 7) is 9.79. The van der Waals surface area contributed by atoms with Crippen LogP contribution in [0.1, 0.15) is 45.1 Å². The number of rotatable bonds is 1. The summed E-state index contributed by atoms with van der Waals surface area (Å²) < 4.78 is 0. The molecule has 0 saturated carbocycles. The summed E-state index contributed by atoms with van der Waals surface area (Å²) in [6, 6.07) is 11.7. The Hall–Kier alpha value is -2.06. The molecule has 0 spiro atoms. The zero-order chi connectivity index (χ0) is 16.1. The Morgan fingerprint density at radius 2 is 1.57 bits per heavy atom. The van der Waals surface area contributed by atoms with Gasteiger partial charge in [0.2, 0.25) is 0 Å². The highest BCUT2D eigenvalue weighted by atomic mass is 15.0. The minimum atomic E-state index is 0.268. The molecule has 1 aromatic heterocycles. The van der Waals surface area contributed by atoms with Crippen molar-refractivity contribution in [3.8, 4) is 0 Å². The van der Waals surface area contributed by atoms with E-state index in [-0.39, 0.29) is 6.04 Å². The number of H-pyrrole nitrogens is 1. The third-order valence-electron chi connectivity index (χ3n) is 4.98. The van der Waals surface area contributed by atoms with Crippen LogP contribution in [0.15, 0.2) is 30.3 Å². The minimum absolute atomic E-state index is 0.268. The fraction of sp³-hybridized carbons (Fsp3) is 0.333. The second kappa shape index (κ2) is 5.24. The van der Waals surface area contributed by atoms with Crippen molar-refractivity contribution in [1.82, 2.24) is 10.3 Å². The van der Waals surface area contributed by atoms with Crippen molar-refractivity contribution in [3.05, 3.63) is 69.4 Å². The molecule has 3 aromatic rings. The summed E-state index contributed by atoms with van der Waals surface area (Å²) in [7, 11) is 0. The summed E-state index contributed by atoms with van der Waals surface area (Å²) >= 11 is 0. The Labute approximate surface area is 137 Å². The van der Waals surface area contributed by atoms with Crippen LogP contribution in [0, 0.1) is 27.7 Å². The first-order valence-electron chi connectivity index (χ1n) is 8.46. The van der Waals surface area contributed by atoms with E-state index < -0.39 is 0 Å². The Bertz CT molecular complexity index is 882. The van der Waals surface area contributed by atoms with Crippen LogP contribution < -0.4 is 5.32 Å². The van der Waals surface area contributed by atoms with Crippen LogP contribution in [-0.2, 0) is 6.42 Å². The van der Waals surface area contributed by atoms with Gasteiger partial charge in [0.25, 0.3) is 0 Å². The number of aromatic amines is 1. The fourth-order valence-corrected chi connectivity index (χ4v) is 4.15. The molecule has 2 heterocycles. The molecule has 0 amide bonds. The maximum absolute atomic E-state index is 3.74. The average molecular weight is 304 g/mol. The summed E-state index contributed by atoms with van der Waals surface area (Å²) in [5.74, 6) is 0. The molecule has 0 radical (unpaired) electrons. The van der Waals surface area contributed by atoms with Gasteiger partial charge >= 0.3 is 0 Å². The number of benzene rings is 2. The van der Waals surface area contributed by atoms with Gasteiger partial charge in [-0.25, -0.2) is 0 Å². The first kappa shape index (κ1) is 14.5. The van der Waals surface area contributed by atoms with Gasteiger partial charge in [-0.3, -0.25) is 0 Å². The number of hydrogen-bond donors (Lipinski definition) is 2. The normalized spacial score (nSPS) is 17.5. The van der Waals surface area contributed by atoms with Gasteiger partial charge in [-0.2, -0.15) is 0 Å². The Kier molecular flexibility index (Phi) is 3.31. The van der Waals surface area contributed by atoms with Crippen LogP contribution in [0.25, 0.3) is 10.9 Å². The van der Waals surface area contributed by atoms with Gasteiger partial charge in [0.1, 0.15) is 0 Å². The van der Waals surface area contributed by atoms with E-state index in [0.29, 0.717) is 0 Å². The van der Waals surface area contributed by atoms with Crippen molar-refractivity contribution in [2.45, 2.75) is 40.2 Å². The van der Waals surface area contributed by atoms with E-state index in [1.807, 2.05) is 0 Å². The van der Waals surface area contributed by atoms with Crippen LogP contribution >= 0.6 is 0 Å². The van der Waals surface area contributed by atoms with Crippen LogP contribution in [0.5, 0.6) is 0 Å². The highest BCUT2D eigenvalue weighted by Crippen LogP contribution is 2.35. The monoisotopic (exact) mass is 304 g/mol. The molecular weight excluding hydrogens is 280 g/mol. The van der Waals surface area contributed by atoms with Gasteiger partial charge < -0.3 is 10.3 Å². The largest absolute Gasteiger partial charge is 0.356 e. The molecule has 0 bridgehead atoms. The minimum Gasteiger partial charge on any atom is -0.356 e. The second-order valence-corrected chi connectivity index (χ2v) is 7.08. The van der Waals surface area contributed by atoms with Gasteiger partial charge in [-0.05, 0) is 56.9 Å². The van der Waals surface area contributed by atoms with Gasteiger partial charge in [-0.1, -0.05) is 41.0 Å². The smallest absolute Gasteiger partial charge is 0.0732 e. The van der Waals surface area contributed by atoms with Crippen molar-refractivity contribution < 1.29 is 0 Å². The number of aryl methyl sites for hydroxylation is 4. The van der Waals surface area contributed by atoms with E-state index in [2.05, 4.69) is 68.3 Å². The van der Waals surface area contributed by atoms with Gasteiger partial charge in [0, 0.05) is 23.1 Å². The zero-order valence-electron chi connectivity index (χ0n) is 14.4. The predicted molar refractivity (Wildman–Crippen MR) is 97.2 cm³/mol. The van der Waals surface area contributed by atoms with Crippen LogP contribution in [0.2, 0.25) is 0 Å². The van der Waals surface area contributed by atoms with E-state index in [1.54, 1.807) is 0 Å². The fourth-order valence-electron chi connectivity index (χ4n) is 4.15. The summed E-state index contributed by atoms with van der Waals surface area (Å²) in [4.78, 5) is 3.74. The molecule has 0 fully saturated rings. The standard InChI is InChI=1S/C21H24N2/c1-12-7-13(2)10-16(9-12)20-21-17(5-6-22-20)18-11-14(3)8-15(4)19(18)23-21/h7-11,20,22-23H,5-6H2,1-4H3. The molecule has 118 valence electrons. The van der Waals surface area contributed by atoms with E-state index >= 15 is 0 Å². The van der Waals surface area contributed by atoms with Crippen LogP contribution in [0.3, 0.4) is 0 Å². The van der Waals surface area contributed by atoms with Crippen molar-refractivity contribution in [2.75, 3.05) is 6.54 Å². The SMILES string of the molecule is Cc1cc(C)cc(C2NCCc3c2[nH]c2c(C)cc(C)cc32)c1. The molecule has 4 rings (SSSR count). The van der Waals surface area contributed by atoms with Crippen molar-refractivity contribution in [3.63, 3.8) is 0 Å². The second-order valence-electron chi connectivity index (χ2n) is 7.08. The van der Waals surface area contributed by atoms with E-state index in [0.717, 1.165) is 13.0 Å². The molecular formula is C21H24N2. The lowest BCUT2D eigenvalue weighted by atomic mass is 9.92. The molecule has 23 heavy (non-hydrogen) atoms. The average Bonchev–Trinajstić information content (AvgIpc) is 2.85. The maximum Gasteiger partial charge on any atom is 0.0732 e. The third-order valence-corrected chi connectivity index (χ3v) is 4.98. The number of nitrogens with one attached hydrogen (secondary N) is 2. The van der Waals surface area contributed by atoms with Gasteiger partial charge in [-0.15, -0.1) is 0 Å². The molecule has 2 aromatic carbocycles. The molecule has 1 aliphatic rings. The lowest BCUT2D eigenvalue weighted by Crippen LogP contribution is -2.30.